The first-order valence-corrected chi connectivity index (χ1v) is 11.4. The zero-order valence-electron chi connectivity index (χ0n) is 17.0. The molecule has 0 aliphatic carbocycles. The summed E-state index contributed by atoms with van der Waals surface area (Å²) in [6, 6.07) is 0.653. The molecule has 30 heavy (non-hydrogen) atoms. The van der Waals surface area contributed by atoms with Gasteiger partial charge < -0.3 is 9.47 Å². The van der Waals surface area contributed by atoms with E-state index in [0.29, 0.717) is 0 Å². The van der Waals surface area contributed by atoms with Crippen molar-refractivity contribution in [1.82, 2.24) is 14.6 Å². The number of nitrogens with zero attached hydrogens (tertiary/aromatic N) is 1. The Balaban J connectivity index is 1.71. The van der Waals surface area contributed by atoms with E-state index in [0.717, 1.165) is 4.57 Å². The number of carbonyl (C=O) groups is 1. The van der Waals surface area contributed by atoms with Crippen molar-refractivity contribution in [2.75, 3.05) is 13.2 Å². The minimum atomic E-state index is -3.79. The number of ether oxygens (including phenoxy) is 2. The van der Waals surface area contributed by atoms with Gasteiger partial charge in [0, 0.05) is 18.3 Å². The third-order valence-corrected chi connectivity index (χ3v) is 6.92. The highest BCUT2D eigenvalue weighted by Gasteiger charge is 2.59. The van der Waals surface area contributed by atoms with Gasteiger partial charge in [0.2, 0.25) is 0 Å². The van der Waals surface area contributed by atoms with E-state index >= 15 is 0 Å². The van der Waals surface area contributed by atoms with Crippen molar-refractivity contribution < 1.29 is 27.9 Å². The van der Waals surface area contributed by atoms with E-state index in [1.807, 2.05) is 0 Å². The van der Waals surface area contributed by atoms with Gasteiger partial charge in [-0.3, -0.25) is 28.2 Å². The van der Waals surface area contributed by atoms with Crippen LogP contribution in [0.4, 0.5) is 0 Å². The summed E-state index contributed by atoms with van der Waals surface area (Å²) in [7, 11) is -3.79. The number of hydrogen-bond acceptors (Lipinski definition) is 8. The number of carbonyl (C=O) groups excluding carboxylic acids is 1. The normalized spacial score (nSPS) is 34.5. The molecule has 2 fully saturated rings. The van der Waals surface area contributed by atoms with E-state index in [9.17, 15) is 18.9 Å². The molecule has 13 heteroatoms. The fourth-order valence-corrected chi connectivity index (χ4v) is 5.43. The van der Waals surface area contributed by atoms with Gasteiger partial charge in [-0.25, -0.2) is 14.4 Å². The Morgan fingerprint density at radius 1 is 1.47 bits per heavy atom. The Hall–Kier alpha value is -1.49. The van der Waals surface area contributed by atoms with Gasteiger partial charge in [-0.15, -0.1) is 11.6 Å². The Bertz CT molecular complexity index is 961. The van der Waals surface area contributed by atoms with Gasteiger partial charge in [0.25, 0.3) is 5.56 Å². The van der Waals surface area contributed by atoms with Crippen molar-refractivity contribution in [3.8, 4) is 0 Å². The van der Waals surface area contributed by atoms with E-state index < -0.39 is 48.3 Å². The van der Waals surface area contributed by atoms with E-state index in [-0.39, 0.29) is 25.1 Å². The highest BCUT2D eigenvalue weighted by atomic mass is 35.5. The van der Waals surface area contributed by atoms with Crippen LogP contribution in [0.5, 0.6) is 0 Å². The summed E-state index contributed by atoms with van der Waals surface area (Å²) in [6.45, 7) is 6.56. The zero-order chi connectivity index (χ0) is 22.3. The van der Waals surface area contributed by atoms with Gasteiger partial charge >= 0.3 is 19.4 Å². The number of fused-ring (bicyclic) bond motifs is 1. The fraction of sp³-hybridized carbons (Fsp3) is 0.706. The summed E-state index contributed by atoms with van der Waals surface area (Å²) in [6.07, 6.45) is -1.28. The number of esters is 1. The third-order valence-electron chi connectivity index (χ3n) is 4.77. The molecular weight excluding hydrogens is 441 g/mol. The first-order chi connectivity index (χ1) is 13.9. The largest absolute Gasteiger partial charge is 0.464 e. The molecule has 0 amide bonds. The van der Waals surface area contributed by atoms with Crippen molar-refractivity contribution in [1.29, 1.82) is 0 Å². The van der Waals surface area contributed by atoms with Gasteiger partial charge in [-0.2, -0.15) is 0 Å². The van der Waals surface area contributed by atoms with Crippen LogP contribution in [0.15, 0.2) is 21.9 Å². The molecular formula is C17H25ClN3O8P. The molecule has 0 bridgehead atoms. The van der Waals surface area contributed by atoms with E-state index in [1.54, 1.807) is 27.7 Å². The molecule has 11 nitrogen and oxygen atoms in total. The van der Waals surface area contributed by atoms with Gasteiger partial charge in [0.15, 0.2) is 6.23 Å². The lowest BCUT2D eigenvalue weighted by atomic mass is 10.0. The van der Waals surface area contributed by atoms with E-state index in [1.165, 1.54) is 12.3 Å². The molecule has 1 aromatic rings. The minimum Gasteiger partial charge on any atom is -0.464 e. The number of nitrogens with one attached hydrogen (secondary N) is 2. The first-order valence-electron chi connectivity index (χ1n) is 9.46. The SMILES string of the molecule is CC(COC(=O)C(C)C)NP1(=O)OCC2OC(n3ccc(=O)[nH]c3=O)C(C)(Cl)C2O1. The molecule has 0 saturated carbocycles. The molecule has 2 aliphatic rings. The molecule has 3 heterocycles. The number of H-pyrrole nitrogens is 1. The van der Waals surface area contributed by atoms with Crippen LogP contribution in [-0.2, 0) is 27.9 Å². The summed E-state index contributed by atoms with van der Waals surface area (Å²) >= 11 is 6.68. The van der Waals surface area contributed by atoms with Crippen LogP contribution >= 0.6 is 19.3 Å². The van der Waals surface area contributed by atoms with Crippen LogP contribution in [0, 0.1) is 5.92 Å². The molecule has 2 aliphatic heterocycles. The maximum absolute atomic E-state index is 13.1. The molecule has 2 N–H and O–H groups in total. The van der Waals surface area contributed by atoms with Crippen LogP contribution in [0.3, 0.4) is 0 Å². The van der Waals surface area contributed by atoms with Crippen molar-refractivity contribution >= 4 is 25.3 Å². The van der Waals surface area contributed by atoms with Crippen LogP contribution in [0.1, 0.15) is 33.9 Å². The lowest BCUT2D eigenvalue weighted by Gasteiger charge is -2.36. The quantitative estimate of drug-likeness (QED) is 0.359. The summed E-state index contributed by atoms with van der Waals surface area (Å²) < 4.78 is 36.3. The standard InChI is InChI=1S/C17H25ClN3O8P/c1-9(2)14(23)26-7-10(3)20-30(25)27-8-11-13(29-30)17(4,18)15(28-11)21-6-5-12(22)19-16(21)24/h5-6,9-11,13,15H,7-8H2,1-4H3,(H,20,25)(H,19,22,24). The van der Waals surface area contributed by atoms with Crippen LogP contribution in [0.25, 0.3) is 0 Å². The van der Waals surface area contributed by atoms with Crippen LogP contribution in [0.2, 0.25) is 0 Å². The second-order valence-electron chi connectivity index (χ2n) is 7.83. The Morgan fingerprint density at radius 3 is 2.80 bits per heavy atom. The molecule has 2 saturated heterocycles. The topological polar surface area (TPSA) is 138 Å². The summed E-state index contributed by atoms with van der Waals surface area (Å²) in [4.78, 5) is 35.9. The Morgan fingerprint density at radius 2 is 2.17 bits per heavy atom. The molecule has 6 atom stereocenters. The highest BCUT2D eigenvalue weighted by molar-refractivity contribution is 7.51. The second kappa shape index (κ2) is 8.57. The molecule has 6 unspecified atom stereocenters. The maximum atomic E-state index is 13.1. The molecule has 0 aromatic carbocycles. The van der Waals surface area contributed by atoms with E-state index in [4.69, 9.17) is 30.1 Å². The van der Waals surface area contributed by atoms with Crippen LogP contribution in [-0.4, -0.2) is 51.9 Å². The summed E-state index contributed by atoms with van der Waals surface area (Å²) in [5.41, 5.74) is -1.25. The van der Waals surface area contributed by atoms with Crippen LogP contribution < -0.4 is 16.3 Å². The van der Waals surface area contributed by atoms with Crippen molar-refractivity contribution in [3.63, 3.8) is 0 Å². The fourth-order valence-electron chi connectivity index (χ4n) is 3.22. The molecule has 168 valence electrons. The number of rotatable bonds is 6. The zero-order valence-corrected chi connectivity index (χ0v) is 18.6. The third kappa shape index (κ3) is 4.71. The highest BCUT2D eigenvalue weighted by Crippen LogP contribution is 2.57. The van der Waals surface area contributed by atoms with Gasteiger partial charge in [0.1, 0.15) is 23.7 Å². The lowest BCUT2D eigenvalue weighted by molar-refractivity contribution is -0.147. The summed E-state index contributed by atoms with van der Waals surface area (Å²) in [5.74, 6) is -0.656. The minimum absolute atomic E-state index is 0.0220. The number of alkyl halides is 1. The average Bonchev–Trinajstić information content (AvgIpc) is 2.89. The first kappa shape index (κ1) is 23.2. The average molecular weight is 466 g/mol. The van der Waals surface area contributed by atoms with Gasteiger partial charge in [-0.05, 0) is 13.8 Å². The smallest absolute Gasteiger partial charge is 0.406 e. The Kier molecular flexibility index (Phi) is 6.62. The molecule has 0 spiro atoms. The number of aromatic nitrogens is 2. The molecule has 0 radical (unpaired) electrons. The maximum Gasteiger partial charge on any atom is 0.406 e. The summed E-state index contributed by atoms with van der Waals surface area (Å²) in [5, 5.41) is 2.72. The number of halogens is 1. The van der Waals surface area contributed by atoms with Gasteiger partial charge in [-0.1, -0.05) is 13.8 Å². The predicted octanol–water partition coefficient (Wildman–Crippen LogP) is 1.13. The Labute approximate surface area is 177 Å². The van der Waals surface area contributed by atoms with Crippen molar-refractivity contribution in [2.24, 2.45) is 5.92 Å². The lowest BCUT2D eigenvalue weighted by Crippen LogP contribution is -2.47. The van der Waals surface area contributed by atoms with E-state index in [2.05, 4.69) is 10.1 Å². The van der Waals surface area contributed by atoms with Gasteiger partial charge in [0.05, 0.1) is 12.5 Å². The predicted molar refractivity (Wildman–Crippen MR) is 106 cm³/mol. The monoisotopic (exact) mass is 465 g/mol. The molecule has 1 aromatic heterocycles. The molecule has 3 rings (SSSR count). The number of aromatic amines is 1. The second-order valence-corrected chi connectivity index (χ2v) is 10.4. The number of hydrogen-bond donors (Lipinski definition) is 2. The van der Waals surface area contributed by atoms with Crippen molar-refractivity contribution in [2.45, 2.75) is 57.0 Å². The van der Waals surface area contributed by atoms with Crippen molar-refractivity contribution in [3.05, 3.63) is 33.1 Å².